The van der Waals surface area contributed by atoms with Gasteiger partial charge in [0, 0.05) is 36.7 Å². The largest absolute Gasteiger partial charge is 0.494 e. The highest BCUT2D eigenvalue weighted by Crippen LogP contribution is 2.32. The normalized spacial score (nSPS) is 16.2. The first-order chi connectivity index (χ1) is 7.72. The molecule has 16 heavy (non-hydrogen) atoms. The molecule has 88 valence electrons. The first-order valence-electron chi connectivity index (χ1n) is 5.18. The Morgan fingerprint density at radius 1 is 1.38 bits per heavy atom. The van der Waals surface area contributed by atoms with E-state index in [2.05, 4.69) is 4.90 Å². The molecule has 0 bridgehead atoms. The van der Waals surface area contributed by atoms with Gasteiger partial charge in [0.2, 0.25) is 0 Å². The summed E-state index contributed by atoms with van der Waals surface area (Å²) in [6.45, 7) is 1.90. The Kier molecular flexibility index (Phi) is 3.43. The van der Waals surface area contributed by atoms with E-state index < -0.39 is 5.82 Å². The van der Waals surface area contributed by atoms with Crippen molar-refractivity contribution >= 4 is 23.1 Å². The highest BCUT2D eigenvalue weighted by atomic mass is 32.2. The molecule has 0 aliphatic carbocycles. The van der Waals surface area contributed by atoms with Gasteiger partial charge in [0.25, 0.3) is 0 Å². The molecule has 3 nitrogen and oxygen atoms in total. The third kappa shape index (κ3) is 2.19. The van der Waals surface area contributed by atoms with E-state index in [0.29, 0.717) is 5.69 Å². The van der Waals surface area contributed by atoms with Crippen molar-refractivity contribution in [3.8, 4) is 5.75 Å². The lowest BCUT2D eigenvalue weighted by Gasteiger charge is -2.29. The molecule has 1 aliphatic rings. The van der Waals surface area contributed by atoms with Crippen LogP contribution < -0.4 is 15.4 Å². The highest BCUT2D eigenvalue weighted by molar-refractivity contribution is 7.99. The molecule has 1 heterocycles. The quantitative estimate of drug-likeness (QED) is 0.805. The summed E-state index contributed by atoms with van der Waals surface area (Å²) in [4.78, 5) is 2.17. The standard InChI is InChI=1S/C11H15FN2OS/c1-15-11-7-10(9(13)6-8(11)12)14-2-4-16-5-3-14/h6-7H,2-5,13H2,1H3. The number of thioether (sulfide) groups is 1. The third-order valence-electron chi connectivity index (χ3n) is 2.65. The second-order valence-electron chi connectivity index (χ2n) is 3.64. The van der Waals surface area contributed by atoms with E-state index in [-0.39, 0.29) is 5.75 Å². The van der Waals surface area contributed by atoms with Crippen LogP contribution in [0.15, 0.2) is 12.1 Å². The lowest BCUT2D eigenvalue weighted by molar-refractivity contribution is 0.387. The number of hydrogen-bond acceptors (Lipinski definition) is 4. The molecule has 1 fully saturated rings. The van der Waals surface area contributed by atoms with Gasteiger partial charge >= 0.3 is 0 Å². The minimum atomic E-state index is -0.407. The average molecular weight is 242 g/mol. The summed E-state index contributed by atoms with van der Waals surface area (Å²) in [5.41, 5.74) is 7.18. The molecule has 0 aromatic heterocycles. The van der Waals surface area contributed by atoms with Crippen LogP contribution in [0.1, 0.15) is 0 Å². The van der Waals surface area contributed by atoms with Gasteiger partial charge in [0.15, 0.2) is 11.6 Å². The van der Waals surface area contributed by atoms with E-state index in [1.807, 2.05) is 11.8 Å². The molecule has 0 amide bonds. The van der Waals surface area contributed by atoms with Gasteiger partial charge in [-0.15, -0.1) is 0 Å². The van der Waals surface area contributed by atoms with Crippen molar-refractivity contribution in [1.29, 1.82) is 0 Å². The minimum Gasteiger partial charge on any atom is -0.494 e. The summed E-state index contributed by atoms with van der Waals surface area (Å²) in [6.07, 6.45) is 0. The summed E-state index contributed by atoms with van der Waals surface area (Å²) in [5.74, 6) is 2.01. The summed E-state index contributed by atoms with van der Waals surface area (Å²) in [6, 6.07) is 3.01. The van der Waals surface area contributed by atoms with Crippen LogP contribution in [0.2, 0.25) is 0 Å². The fraction of sp³-hybridized carbons (Fsp3) is 0.455. The van der Waals surface area contributed by atoms with Crippen molar-refractivity contribution in [1.82, 2.24) is 0 Å². The van der Waals surface area contributed by atoms with Crippen molar-refractivity contribution in [3.05, 3.63) is 17.9 Å². The number of nitrogen functional groups attached to an aromatic ring is 1. The molecule has 0 spiro atoms. The maximum absolute atomic E-state index is 13.4. The summed E-state index contributed by atoms with van der Waals surface area (Å²) in [5, 5.41) is 0. The molecule has 1 aliphatic heterocycles. The molecule has 5 heteroatoms. The Morgan fingerprint density at radius 2 is 2.06 bits per heavy atom. The Bertz CT molecular complexity index is 380. The van der Waals surface area contributed by atoms with Crippen LogP contribution in [0.5, 0.6) is 5.75 Å². The number of nitrogens with two attached hydrogens (primary N) is 1. The van der Waals surface area contributed by atoms with E-state index in [4.69, 9.17) is 10.5 Å². The molecule has 1 aromatic carbocycles. The SMILES string of the molecule is COc1cc(N2CCSCC2)c(N)cc1F. The predicted molar refractivity (Wildman–Crippen MR) is 66.9 cm³/mol. The van der Waals surface area contributed by atoms with E-state index in [1.165, 1.54) is 13.2 Å². The van der Waals surface area contributed by atoms with E-state index >= 15 is 0 Å². The fourth-order valence-corrected chi connectivity index (χ4v) is 2.70. The zero-order valence-corrected chi connectivity index (χ0v) is 10.0. The van der Waals surface area contributed by atoms with Crippen molar-refractivity contribution in [2.24, 2.45) is 0 Å². The van der Waals surface area contributed by atoms with Gasteiger partial charge in [0.05, 0.1) is 18.5 Å². The maximum Gasteiger partial charge on any atom is 0.167 e. The predicted octanol–water partition coefficient (Wildman–Crippen LogP) is 1.97. The number of nitrogens with zero attached hydrogens (tertiary/aromatic N) is 1. The Hall–Kier alpha value is -1.10. The van der Waals surface area contributed by atoms with Crippen molar-refractivity contribution in [2.45, 2.75) is 0 Å². The smallest absolute Gasteiger partial charge is 0.167 e. The fourth-order valence-electron chi connectivity index (χ4n) is 1.79. The molecule has 0 radical (unpaired) electrons. The van der Waals surface area contributed by atoms with Gasteiger partial charge in [-0.25, -0.2) is 4.39 Å². The molecule has 1 saturated heterocycles. The second-order valence-corrected chi connectivity index (χ2v) is 4.87. The summed E-state index contributed by atoms with van der Waals surface area (Å²) < 4.78 is 18.3. The van der Waals surface area contributed by atoms with Crippen LogP contribution in [0.25, 0.3) is 0 Å². The van der Waals surface area contributed by atoms with E-state index in [9.17, 15) is 4.39 Å². The molecular weight excluding hydrogens is 227 g/mol. The van der Waals surface area contributed by atoms with Crippen LogP contribution >= 0.6 is 11.8 Å². The van der Waals surface area contributed by atoms with Gasteiger partial charge in [-0.3, -0.25) is 0 Å². The van der Waals surface area contributed by atoms with Crippen molar-refractivity contribution < 1.29 is 9.13 Å². The lowest BCUT2D eigenvalue weighted by atomic mass is 10.2. The second kappa shape index (κ2) is 4.82. The number of benzene rings is 1. The summed E-state index contributed by atoms with van der Waals surface area (Å²) in [7, 11) is 1.46. The van der Waals surface area contributed by atoms with Crippen LogP contribution in [0, 0.1) is 5.82 Å². The van der Waals surface area contributed by atoms with E-state index in [0.717, 1.165) is 30.3 Å². The van der Waals surface area contributed by atoms with Crippen LogP contribution in [0.4, 0.5) is 15.8 Å². The summed E-state index contributed by atoms with van der Waals surface area (Å²) >= 11 is 1.92. The molecule has 2 rings (SSSR count). The van der Waals surface area contributed by atoms with Crippen LogP contribution in [0.3, 0.4) is 0 Å². The molecule has 0 saturated carbocycles. The molecule has 0 atom stereocenters. The molecule has 0 unspecified atom stereocenters. The average Bonchev–Trinajstić information content (AvgIpc) is 2.30. The zero-order chi connectivity index (χ0) is 11.5. The number of halogens is 1. The first kappa shape index (κ1) is 11.4. The topological polar surface area (TPSA) is 38.5 Å². The van der Waals surface area contributed by atoms with Gasteiger partial charge in [-0.1, -0.05) is 0 Å². The zero-order valence-electron chi connectivity index (χ0n) is 9.20. The number of anilines is 2. The Labute approximate surface area is 98.8 Å². The molecular formula is C11H15FN2OS. The molecule has 1 aromatic rings. The third-order valence-corrected chi connectivity index (χ3v) is 3.60. The van der Waals surface area contributed by atoms with Crippen molar-refractivity contribution in [2.75, 3.05) is 42.3 Å². The Balaban J connectivity index is 2.31. The number of rotatable bonds is 2. The van der Waals surface area contributed by atoms with Gasteiger partial charge in [-0.05, 0) is 0 Å². The monoisotopic (exact) mass is 242 g/mol. The van der Waals surface area contributed by atoms with Gasteiger partial charge in [-0.2, -0.15) is 11.8 Å². The number of hydrogen-bond donors (Lipinski definition) is 1. The van der Waals surface area contributed by atoms with Gasteiger partial charge in [0.1, 0.15) is 0 Å². The first-order valence-corrected chi connectivity index (χ1v) is 6.33. The van der Waals surface area contributed by atoms with Crippen LogP contribution in [-0.2, 0) is 0 Å². The van der Waals surface area contributed by atoms with E-state index in [1.54, 1.807) is 6.07 Å². The molecule has 2 N–H and O–H groups in total. The number of ether oxygens (including phenoxy) is 1. The maximum atomic E-state index is 13.4. The lowest BCUT2D eigenvalue weighted by Crippen LogP contribution is -2.33. The number of methoxy groups -OCH3 is 1. The van der Waals surface area contributed by atoms with Gasteiger partial charge < -0.3 is 15.4 Å². The minimum absolute atomic E-state index is 0.252. The van der Waals surface area contributed by atoms with Crippen LogP contribution in [-0.4, -0.2) is 31.7 Å². The Morgan fingerprint density at radius 3 is 2.69 bits per heavy atom. The van der Waals surface area contributed by atoms with Crippen molar-refractivity contribution in [3.63, 3.8) is 0 Å². The highest BCUT2D eigenvalue weighted by Gasteiger charge is 2.16.